The Balaban J connectivity index is 3.31. The van der Waals surface area contributed by atoms with Crippen LogP contribution in [0.3, 0.4) is 0 Å². The Labute approximate surface area is 60.7 Å². The van der Waals surface area contributed by atoms with E-state index in [9.17, 15) is 9.59 Å². The number of carboxylic acids is 1. The van der Waals surface area contributed by atoms with E-state index in [1.165, 1.54) is 0 Å². The number of nitrogens with one attached hydrogen (secondary N) is 1. The van der Waals surface area contributed by atoms with Gasteiger partial charge >= 0.3 is 11.7 Å². The molecule has 4 N–H and O–H groups in total. The number of carbonyl (C=O) groups is 1. The normalized spacial score (nSPS) is 9.45. The van der Waals surface area contributed by atoms with Gasteiger partial charge in [0.1, 0.15) is 11.4 Å². The molecule has 0 aliphatic rings. The summed E-state index contributed by atoms with van der Waals surface area (Å²) >= 11 is 0. The lowest BCUT2D eigenvalue weighted by Gasteiger charge is -1.95. The highest BCUT2D eigenvalue weighted by Gasteiger charge is 2.07. The van der Waals surface area contributed by atoms with Crippen molar-refractivity contribution in [1.82, 2.24) is 9.97 Å². The van der Waals surface area contributed by atoms with Gasteiger partial charge in [-0.05, 0) is 0 Å². The van der Waals surface area contributed by atoms with Crippen molar-refractivity contribution in [2.45, 2.75) is 0 Å². The number of nitrogen functional groups attached to an aromatic ring is 1. The zero-order valence-electron chi connectivity index (χ0n) is 5.37. The SMILES string of the molecule is Nc1[15nH][13c](=O)[15n]cc1C(=O)O. The predicted molar refractivity (Wildman–Crippen MR) is 36.2 cm³/mol. The Hall–Kier alpha value is -1.85. The van der Waals surface area contributed by atoms with E-state index in [1.807, 2.05) is 0 Å². The number of nitrogens with zero attached hydrogens (tertiary/aromatic N) is 1. The monoisotopic (exact) mass is 158 g/mol. The minimum absolute atomic E-state index is 0.183. The molecular formula is C5H5N3O3. The van der Waals surface area contributed by atoms with E-state index in [0.717, 1.165) is 6.20 Å². The molecule has 0 radical (unpaired) electrons. The third kappa shape index (κ3) is 1.34. The molecule has 0 bridgehead atoms. The lowest BCUT2D eigenvalue weighted by Crippen LogP contribution is -2.16. The fraction of sp³-hybridized carbons (Fsp3) is 0. The first-order valence-corrected chi connectivity index (χ1v) is 2.69. The van der Waals surface area contributed by atoms with Gasteiger partial charge in [-0.3, -0.25) is 4.98 Å². The number of carboxylic acid groups (broad SMARTS) is 1. The predicted octanol–water partition coefficient (Wildman–Crippen LogP) is -0.950. The van der Waals surface area contributed by atoms with Crippen LogP contribution in [0.4, 0.5) is 5.82 Å². The minimum atomic E-state index is -1.22. The summed E-state index contributed by atoms with van der Waals surface area (Å²) in [5.74, 6) is -1.40. The first-order valence-electron chi connectivity index (χ1n) is 2.69. The molecule has 0 saturated heterocycles. The van der Waals surface area contributed by atoms with Crippen LogP contribution in [0.5, 0.6) is 0 Å². The zero-order valence-corrected chi connectivity index (χ0v) is 5.37. The summed E-state index contributed by atoms with van der Waals surface area (Å²) in [4.78, 5) is 26.0. The Kier molecular flexibility index (Phi) is 1.59. The molecule has 1 aromatic rings. The van der Waals surface area contributed by atoms with Crippen molar-refractivity contribution in [1.29, 1.82) is 0 Å². The molecule has 0 atom stereocenters. The average Bonchev–Trinajstić information content (AvgIpc) is 1.85. The van der Waals surface area contributed by atoms with Crippen molar-refractivity contribution in [3.8, 4) is 0 Å². The second-order valence-electron chi connectivity index (χ2n) is 1.82. The first kappa shape index (κ1) is 7.26. The second-order valence-corrected chi connectivity index (χ2v) is 1.82. The molecule has 0 saturated carbocycles. The third-order valence-electron chi connectivity index (χ3n) is 1.07. The van der Waals surface area contributed by atoms with Crippen molar-refractivity contribution in [2.24, 2.45) is 0 Å². The molecule has 11 heavy (non-hydrogen) atoms. The molecule has 1 rings (SSSR count). The van der Waals surface area contributed by atoms with Gasteiger partial charge in [-0.15, -0.1) is 0 Å². The van der Waals surface area contributed by atoms with E-state index in [1.54, 1.807) is 0 Å². The number of aromatic nitrogens is 2. The Bertz CT molecular complexity index is 343. The fourth-order valence-electron chi connectivity index (χ4n) is 0.578. The molecular weight excluding hydrogens is 153 g/mol. The highest BCUT2D eigenvalue weighted by Crippen LogP contribution is 2.01. The molecule has 1 heterocycles. The van der Waals surface area contributed by atoms with Gasteiger partial charge in [0, 0.05) is 0 Å². The molecule has 0 spiro atoms. The van der Waals surface area contributed by atoms with E-state index in [0.29, 0.717) is 0 Å². The van der Waals surface area contributed by atoms with E-state index in [4.69, 9.17) is 10.8 Å². The molecule has 6 heteroatoms. The summed E-state index contributed by atoms with van der Waals surface area (Å²) < 4.78 is 0. The molecule has 0 fully saturated rings. The number of rotatable bonds is 1. The quantitative estimate of drug-likeness (QED) is 0.488. The highest BCUT2D eigenvalue weighted by molar-refractivity contribution is 5.91. The lowest BCUT2D eigenvalue weighted by atomic mass is 10.3. The van der Waals surface area contributed by atoms with E-state index >= 15 is 0 Å². The summed E-state index contributed by atoms with van der Waals surface area (Å²) in [6.45, 7) is 0. The molecule has 0 amide bonds. The van der Waals surface area contributed by atoms with Crippen molar-refractivity contribution < 1.29 is 9.90 Å². The molecule has 0 aromatic carbocycles. The maximum Gasteiger partial charge on any atom is 0.346 e. The van der Waals surface area contributed by atoms with Crippen LogP contribution in [0, 0.1) is 0 Å². The maximum absolute atomic E-state index is 10.4. The number of nitrogens with two attached hydrogens (primary N) is 1. The van der Waals surface area contributed by atoms with Crippen LogP contribution in [-0.4, -0.2) is 21.0 Å². The molecule has 0 aliphatic heterocycles. The summed E-state index contributed by atoms with van der Waals surface area (Å²) in [6, 6.07) is 0. The van der Waals surface area contributed by atoms with Crippen LogP contribution in [-0.2, 0) is 0 Å². The van der Waals surface area contributed by atoms with Gasteiger partial charge in [-0.2, -0.15) is 0 Å². The number of aromatic amines is 1. The molecule has 0 aliphatic carbocycles. The maximum atomic E-state index is 10.4. The highest BCUT2D eigenvalue weighted by atomic mass is 16.4. The van der Waals surface area contributed by atoms with Gasteiger partial charge in [0.25, 0.3) is 0 Å². The smallest absolute Gasteiger partial charge is 0.346 e. The number of aromatic carboxylic acids is 1. The van der Waals surface area contributed by atoms with Gasteiger partial charge in [0.15, 0.2) is 0 Å². The second kappa shape index (κ2) is 2.41. The molecule has 1 aromatic heterocycles. The van der Waals surface area contributed by atoms with Gasteiger partial charge in [0.05, 0.1) is 6.20 Å². The fourth-order valence-corrected chi connectivity index (χ4v) is 0.578. The van der Waals surface area contributed by atoms with Crippen LogP contribution < -0.4 is 11.4 Å². The lowest BCUT2D eigenvalue weighted by molar-refractivity contribution is 0.0697. The van der Waals surface area contributed by atoms with Crippen LogP contribution in [0.2, 0.25) is 0 Å². The topological polar surface area (TPSA) is 109 Å². The Morgan fingerprint density at radius 2 is 2.36 bits per heavy atom. The average molecular weight is 158 g/mol. The van der Waals surface area contributed by atoms with Crippen LogP contribution in [0.15, 0.2) is 11.0 Å². The van der Waals surface area contributed by atoms with E-state index in [2.05, 4.69) is 9.97 Å². The Morgan fingerprint density at radius 1 is 1.73 bits per heavy atom. The summed E-state index contributed by atoms with van der Waals surface area (Å²) in [5, 5.41) is 8.41. The molecule has 0 unspecified atom stereocenters. The molecule has 58 valence electrons. The van der Waals surface area contributed by atoms with Gasteiger partial charge < -0.3 is 10.8 Å². The summed E-state index contributed by atoms with van der Waals surface area (Å²) in [5.41, 5.74) is 4.28. The minimum Gasteiger partial charge on any atom is -0.478 e. The van der Waals surface area contributed by atoms with Crippen LogP contribution in [0.25, 0.3) is 0 Å². The summed E-state index contributed by atoms with van der Waals surface area (Å²) in [6.07, 6.45) is 0.913. The van der Waals surface area contributed by atoms with Gasteiger partial charge in [0.2, 0.25) is 0 Å². The van der Waals surface area contributed by atoms with Crippen molar-refractivity contribution in [3.63, 3.8) is 0 Å². The summed E-state index contributed by atoms with van der Waals surface area (Å²) in [7, 11) is 0. The number of hydrogen-bond acceptors (Lipinski definition) is 4. The zero-order chi connectivity index (χ0) is 8.43. The van der Waals surface area contributed by atoms with Gasteiger partial charge in [-0.1, -0.05) is 0 Å². The van der Waals surface area contributed by atoms with Crippen molar-refractivity contribution >= 4 is 11.8 Å². The number of H-pyrrole nitrogens is 1. The number of hydrogen-bond donors (Lipinski definition) is 3. The van der Waals surface area contributed by atoms with Crippen molar-refractivity contribution in [2.75, 3.05) is 5.73 Å². The number of anilines is 1. The van der Waals surface area contributed by atoms with Crippen LogP contribution in [0.1, 0.15) is 10.4 Å². The largest absolute Gasteiger partial charge is 0.478 e. The van der Waals surface area contributed by atoms with E-state index in [-0.39, 0.29) is 11.4 Å². The van der Waals surface area contributed by atoms with Gasteiger partial charge in [-0.25, -0.2) is 14.6 Å². The standard InChI is InChI=1S/C5H5N3O3/c6-3-2(4(9)10)1-7-5(11)8-3/h1H,(H,9,10)(H3,6,7,8,11)/i5+1,7+1,8+1. The van der Waals surface area contributed by atoms with Crippen LogP contribution >= 0.6 is 0 Å². The molecule has 6 nitrogen and oxygen atoms in total. The Morgan fingerprint density at radius 3 is 2.82 bits per heavy atom. The van der Waals surface area contributed by atoms with E-state index < -0.39 is 11.7 Å². The van der Waals surface area contributed by atoms with Crippen molar-refractivity contribution in [3.05, 3.63) is 22.2 Å². The third-order valence-corrected chi connectivity index (χ3v) is 1.07. The first-order chi connectivity index (χ1) is 5.11.